The van der Waals surface area contributed by atoms with Gasteiger partial charge in [-0.15, -0.1) is 0 Å². The highest BCUT2D eigenvalue weighted by Crippen LogP contribution is 2.35. The van der Waals surface area contributed by atoms with Gasteiger partial charge in [0.15, 0.2) is 0 Å². The van der Waals surface area contributed by atoms with Gasteiger partial charge in [-0.2, -0.15) is 0 Å². The minimum atomic E-state index is -0.196. The van der Waals surface area contributed by atoms with Crippen molar-refractivity contribution in [2.45, 2.75) is 25.3 Å². The average Bonchev–Trinajstić information content (AvgIpc) is 2.59. The number of hydrogen-bond donors (Lipinski definition) is 0. The van der Waals surface area contributed by atoms with Crippen molar-refractivity contribution in [3.8, 4) is 0 Å². The molecule has 2 fully saturated rings. The van der Waals surface area contributed by atoms with Gasteiger partial charge in [0.2, 0.25) is 6.54 Å². The molecule has 0 saturated carbocycles. The van der Waals surface area contributed by atoms with Crippen molar-refractivity contribution < 1.29 is 4.92 Å². The maximum atomic E-state index is 10.2. The lowest BCUT2D eigenvalue weighted by Crippen LogP contribution is -2.27. The molecule has 2 aliphatic heterocycles. The lowest BCUT2D eigenvalue weighted by Gasteiger charge is -2.16. The molecule has 2 rings (SSSR count). The first-order valence-corrected chi connectivity index (χ1v) is 4.63. The lowest BCUT2D eigenvalue weighted by atomic mass is 9.98. The molecule has 2 saturated heterocycles. The number of fused-ring (bicyclic) bond motifs is 2. The zero-order valence-corrected chi connectivity index (χ0v) is 7.11. The summed E-state index contributed by atoms with van der Waals surface area (Å²) in [5, 5.41) is 10.2. The fourth-order valence-electron chi connectivity index (χ4n) is 2.59. The average molecular weight is 170 g/mol. The number of hydrogen-bond acceptors (Lipinski definition) is 3. The summed E-state index contributed by atoms with van der Waals surface area (Å²) in [6, 6.07) is 0.537. The molecule has 1 unspecified atom stereocenters. The second kappa shape index (κ2) is 3.01. The molecule has 2 aliphatic rings. The van der Waals surface area contributed by atoms with Crippen LogP contribution in [-0.4, -0.2) is 35.5 Å². The third-order valence-electron chi connectivity index (χ3n) is 3.19. The first-order valence-electron chi connectivity index (χ1n) is 4.63. The second-order valence-corrected chi connectivity index (χ2v) is 3.79. The summed E-state index contributed by atoms with van der Waals surface area (Å²) >= 11 is 0. The Morgan fingerprint density at radius 3 is 2.50 bits per heavy atom. The third kappa shape index (κ3) is 1.31. The van der Waals surface area contributed by atoms with E-state index in [0.717, 1.165) is 12.3 Å². The van der Waals surface area contributed by atoms with Crippen molar-refractivity contribution in [2.75, 3.05) is 19.6 Å². The minimum Gasteiger partial charge on any atom is -0.300 e. The topological polar surface area (TPSA) is 46.4 Å². The number of nitro groups is 1. The van der Waals surface area contributed by atoms with Crippen LogP contribution in [0.15, 0.2) is 0 Å². The maximum Gasteiger partial charge on any atom is 0.205 e. The van der Waals surface area contributed by atoms with Gasteiger partial charge >= 0.3 is 0 Å². The smallest absolute Gasteiger partial charge is 0.205 e. The lowest BCUT2D eigenvalue weighted by molar-refractivity contribution is -0.481. The van der Waals surface area contributed by atoms with Gasteiger partial charge in [-0.25, -0.2) is 0 Å². The molecule has 0 aromatic carbocycles. The van der Waals surface area contributed by atoms with Crippen molar-refractivity contribution in [2.24, 2.45) is 5.92 Å². The number of piperidine rings is 1. The van der Waals surface area contributed by atoms with Gasteiger partial charge in [0.25, 0.3) is 0 Å². The third-order valence-corrected chi connectivity index (χ3v) is 3.19. The molecule has 2 bridgehead atoms. The highest BCUT2D eigenvalue weighted by molar-refractivity contribution is 4.93. The molecule has 68 valence electrons. The largest absolute Gasteiger partial charge is 0.300 e. The molecule has 0 N–H and O–H groups in total. The van der Waals surface area contributed by atoms with Crippen LogP contribution in [-0.2, 0) is 0 Å². The SMILES string of the molecule is O=[N+]([O-])CCC1C2CCN1CC2. The van der Waals surface area contributed by atoms with Gasteiger partial charge in [-0.05, 0) is 31.8 Å². The van der Waals surface area contributed by atoms with Gasteiger partial charge in [0.1, 0.15) is 0 Å². The van der Waals surface area contributed by atoms with E-state index in [-0.39, 0.29) is 11.5 Å². The maximum absolute atomic E-state index is 10.2. The molecular weight excluding hydrogens is 156 g/mol. The van der Waals surface area contributed by atoms with E-state index in [2.05, 4.69) is 4.90 Å². The first-order chi connectivity index (χ1) is 5.77. The van der Waals surface area contributed by atoms with Gasteiger partial charge in [-0.3, -0.25) is 15.0 Å². The van der Waals surface area contributed by atoms with Crippen LogP contribution in [0, 0.1) is 16.0 Å². The Kier molecular flexibility index (Phi) is 2.00. The zero-order chi connectivity index (χ0) is 8.55. The Balaban J connectivity index is 1.85. The minimum absolute atomic E-state index is 0.150. The monoisotopic (exact) mass is 170 g/mol. The predicted molar refractivity (Wildman–Crippen MR) is 44.6 cm³/mol. The highest BCUT2D eigenvalue weighted by Gasteiger charge is 2.39. The van der Waals surface area contributed by atoms with E-state index in [1.807, 2.05) is 0 Å². The summed E-state index contributed by atoms with van der Waals surface area (Å²) in [6.45, 7) is 2.50. The van der Waals surface area contributed by atoms with Crippen LogP contribution < -0.4 is 0 Å². The standard InChI is InChI=1S/C8H14N2O2/c11-10(12)6-3-8-7-1-4-9(8)5-2-7/h7-8H,1-6H2. The molecule has 0 spiro atoms. The predicted octanol–water partition coefficient (Wildman–Crippen LogP) is 0.747. The summed E-state index contributed by atoms with van der Waals surface area (Å²) in [6.07, 6.45) is 3.29. The van der Waals surface area contributed by atoms with Crippen LogP contribution >= 0.6 is 0 Å². The Bertz CT molecular complexity index is 175. The fourth-order valence-corrected chi connectivity index (χ4v) is 2.59. The molecule has 4 heteroatoms. The summed E-state index contributed by atoms with van der Waals surface area (Å²) in [7, 11) is 0. The Hall–Kier alpha value is -0.640. The van der Waals surface area contributed by atoms with Crippen LogP contribution in [0.1, 0.15) is 19.3 Å². The molecule has 0 aromatic rings. The van der Waals surface area contributed by atoms with Crippen LogP contribution in [0.2, 0.25) is 0 Å². The number of rotatable bonds is 3. The van der Waals surface area contributed by atoms with Gasteiger partial charge < -0.3 is 0 Å². The summed E-state index contributed by atoms with van der Waals surface area (Å²) < 4.78 is 0. The molecule has 4 nitrogen and oxygen atoms in total. The van der Waals surface area contributed by atoms with E-state index >= 15 is 0 Å². The summed E-state index contributed by atoms with van der Waals surface area (Å²) in [4.78, 5) is 12.4. The summed E-state index contributed by atoms with van der Waals surface area (Å²) in [5.41, 5.74) is 0. The van der Waals surface area contributed by atoms with Crippen LogP contribution in [0.4, 0.5) is 0 Å². The van der Waals surface area contributed by atoms with E-state index in [1.165, 1.54) is 25.9 Å². The normalized spacial score (nSPS) is 38.8. The van der Waals surface area contributed by atoms with Crippen molar-refractivity contribution in [1.29, 1.82) is 0 Å². The number of nitrogens with zero attached hydrogens (tertiary/aromatic N) is 2. The Morgan fingerprint density at radius 2 is 2.08 bits per heavy atom. The van der Waals surface area contributed by atoms with Crippen LogP contribution in [0.3, 0.4) is 0 Å². The van der Waals surface area contributed by atoms with Crippen molar-refractivity contribution >= 4 is 0 Å². The Morgan fingerprint density at radius 1 is 1.42 bits per heavy atom. The fraction of sp³-hybridized carbons (Fsp3) is 1.00. The molecule has 0 amide bonds. The van der Waals surface area contributed by atoms with Crippen molar-refractivity contribution in [3.05, 3.63) is 10.1 Å². The van der Waals surface area contributed by atoms with E-state index < -0.39 is 0 Å². The second-order valence-electron chi connectivity index (χ2n) is 3.79. The molecular formula is C8H14N2O2. The van der Waals surface area contributed by atoms with E-state index in [4.69, 9.17) is 0 Å². The van der Waals surface area contributed by atoms with E-state index in [0.29, 0.717) is 6.04 Å². The van der Waals surface area contributed by atoms with Crippen molar-refractivity contribution in [3.63, 3.8) is 0 Å². The van der Waals surface area contributed by atoms with E-state index in [9.17, 15) is 10.1 Å². The quantitative estimate of drug-likeness (QED) is 0.463. The molecule has 0 aliphatic carbocycles. The van der Waals surface area contributed by atoms with Crippen LogP contribution in [0.5, 0.6) is 0 Å². The molecule has 0 aromatic heterocycles. The molecule has 2 heterocycles. The first kappa shape index (κ1) is 7.98. The molecule has 12 heavy (non-hydrogen) atoms. The molecule has 1 atom stereocenters. The van der Waals surface area contributed by atoms with Crippen molar-refractivity contribution in [1.82, 2.24) is 4.90 Å². The molecule has 0 radical (unpaired) electrons. The van der Waals surface area contributed by atoms with Gasteiger partial charge in [-0.1, -0.05) is 0 Å². The zero-order valence-electron chi connectivity index (χ0n) is 7.11. The Labute approximate surface area is 71.7 Å². The van der Waals surface area contributed by atoms with E-state index in [1.54, 1.807) is 0 Å². The highest BCUT2D eigenvalue weighted by atomic mass is 16.6. The summed E-state index contributed by atoms with van der Waals surface area (Å²) in [5.74, 6) is 0.768. The van der Waals surface area contributed by atoms with Gasteiger partial charge in [0, 0.05) is 17.4 Å². The van der Waals surface area contributed by atoms with Crippen LogP contribution in [0.25, 0.3) is 0 Å². The van der Waals surface area contributed by atoms with Gasteiger partial charge in [0.05, 0.1) is 0 Å².